The van der Waals surface area contributed by atoms with E-state index in [9.17, 15) is 13.2 Å². The first-order chi connectivity index (χ1) is 9.82. The van der Waals surface area contributed by atoms with Crippen molar-refractivity contribution in [3.8, 4) is 0 Å². The van der Waals surface area contributed by atoms with Crippen LogP contribution in [0.2, 0.25) is 0 Å². The second-order valence-electron chi connectivity index (χ2n) is 6.37. The Kier molecular flexibility index (Phi) is 3.44. The maximum Gasteiger partial charge on any atom is 0.260 e. The fourth-order valence-electron chi connectivity index (χ4n) is 3.59. The second kappa shape index (κ2) is 4.91. The number of aryl methyl sites for hydroxylation is 2. The number of ketones is 1. The van der Waals surface area contributed by atoms with Crippen LogP contribution in [-0.4, -0.2) is 41.4 Å². The zero-order chi connectivity index (χ0) is 15.3. The summed E-state index contributed by atoms with van der Waals surface area (Å²) in [4.78, 5) is 11.5. The highest BCUT2D eigenvalue weighted by molar-refractivity contribution is 7.89. The zero-order valence-electron chi connectivity index (χ0n) is 12.5. The van der Waals surface area contributed by atoms with Gasteiger partial charge in [-0.1, -0.05) is 0 Å². The van der Waals surface area contributed by atoms with E-state index in [1.807, 2.05) is 0 Å². The number of hydrogen-bond donors (Lipinski definition) is 0. The molecule has 1 aromatic rings. The molecule has 0 atom stereocenters. The van der Waals surface area contributed by atoms with Crippen LogP contribution in [0.4, 0.5) is 0 Å². The van der Waals surface area contributed by atoms with E-state index in [2.05, 4.69) is 5.10 Å². The van der Waals surface area contributed by atoms with Gasteiger partial charge in [0.05, 0.1) is 5.69 Å². The standard InChI is InChI=1S/C14H21N3O3S/c1-11-9-13(16(2)15-11)21(19,20)17-7-5-14(6-8-17)4-3-12(18)10-14/h9H,3-8,10H2,1-2H3. The molecule has 0 amide bonds. The van der Waals surface area contributed by atoms with Crippen LogP contribution >= 0.6 is 0 Å². The van der Waals surface area contributed by atoms with Crippen LogP contribution in [0.15, 0.2) is 11.1 Å². The Hall–Kier alpha value is -1.21. The van der Waals surface area contributed by atoms with E-state index < -0.39 is 10.0 Å². The molecular weight excluding hydrogens is 290 g/mol. The highest BCUT2D eigenvalue weighted by Crippen LogP contribution is 2.45. The lowest BCUT2D eigenvalue weighted by Gasteiger charge is -2.38. The predicted octanol–water partition coefficient (Wildman–Crippen LogP) is 1.25. The number of Topliss-reactive ketones (excluding diaryl/α,β-unsaturated/α-hetero) is 1. The number of piperidine rings is 1. The van der Waals surface area contributed by atoms with Crippen molar-refractivity contribution in [2.75, 3.05) is 13.1 Å². The van der Waals surface area contributed by atoms with Gasteiger partial charge in [-0.05, 0) is 37.7 Å². The number of nitrogens with zero attached hydrogens (tertiary/aromatic N) is 3. The zero-order valence-corrected chi connectivity index (χ0v) is 13.3. The van der Waals surface area contributed by atoms with E-state index in [0.717, 1.165) is 19.3 Å². The quantitative estimate of drug-likeness (QED) is 0.824. The summed E-state index contributed by atoms with van der Waals surface area (Å²) < 4.78 is 28.3. The Bertz CT molecular complexity index is 670. The molecule has 116 valence electrons. The van der Waals surface area contributed by atoms with Gasteiger partial charge in [0.1, 0.15) is 5.78 Å². The van der Waals surface area contributed by atoms with E-state index in [-0.39, 0.29) is 10.4 Å². The molecule has 1 saturated carbocycles. The van der Waals surface area contributed by atoms with E-state index in [1.54, 1.807) is 20.0 Å². The van der Waals surface area contributed by atoms with Crippen molar-refractivity contribution in [2.45, 2.75) is 44.1 Å². The minimum atomic E-state index is -3.48. The number of carbonyl (C=O) groups is 1. The number of hydrogen-bond acceptors (Lipinski definition) is 4. The number of rotatable bonds is 2. The van der Waals surface area contributed by atoms with Crippen molar-refractivity contribution in [1.29, 1.82) is 0 Å². The molecule has 2 aliphatic rings. The molecule has 0 aromatic carbocycles. The van der Waals surface area contributed by atoms with Crippen LogP contribution < -0.4 is 0 Å². The molecule has 0 N–H and O–H groups in total. The van der Waals surface area contributed by atoms with Crippen LogP contribution in [0.1, 0.15) is 37.8 Å². The fraction of sp³-hybridized carbons (Fsp3) is 0.714. The van der Waals surface area contributed by atoms with E-state index in [1.165, 1.54) is 8.99 Å². The van der Waals surface area contributed by atoms with E-state index in [0.29, 0.717) is 37.4 Å². The molecule has 0 bridgehead atoms. The van der Waals surface area contributed by atoms with Gasteiger partial charge in [-0.2, -0.15) is 9.40 Å². The average molecular weight is 311 g/mol. The highest BCUT2D eigenvalue weighted by Gasteiger charge is 2.43. The first kappa shape index (κ1) is 14.7. The lowest BCUT2D eigenvalue weighted by Crippen LogP contribution is -2.42. The van der Waals surface area contributed by atoms with E-state index in [4.69, 9.17) is 0 Å². The molecule has 6 nitrogen and oxygen atoms in total. The Morgan fingerprint density at radius 2 is 1.90 bits per heavy atom. The first-order valence-corrected chi connectivity index (χ1v) is 8.79. The second-order valence-corrected chi connectivity index (χ2v) is 8.25. The largest absolute Gasteiger partial charge is 0.300 e. The maximum absolute atomic E-state index is 12.7. The average Bonchev–Trinajstić information content (AvgIpc) is 2.94. The third-order valence-electron chi connectivity index (χ3n) is 4.85. The van der Waals surface area contributed by atoms with Gasteiger partial charge in [-0.15, -0.1) is 0 Å². The van der Waals surface area contributed by atoms with Crippen molar-refractivity contribution in [1.82, 2.24) is 14.1 Å². The number of sulfonamides is 1. The van der Waals surface area contributed by atoms with Crippen molar-refractivity contribution >= 4 is 15.8 Å². The number of aromatic nitrogens is 2. The Morgan fingerprint density at radius 1 is 1.24 bits per heavy atom. The monoisotopic (exact) mass is 311 g/mol. The molecule has 0 unspecified atom stereocenters. The summed E-state index contributed by atoms with van der Waals surface area (Å²) in [6, 6.07) is 1.61. The van der Waals surface area contributed by atoms with E-state index >= 15 is 0 Å². The summed E-state index contributed by atoms with van der Waals surface area (Å²) in [5.74, 6) is 0.327. The molecule has 2 fully saturated rings. The molecule has 1 aromatic heterocycles. The van der Waals surface area contributed by atoms with Gasteiger partial charge >= 0.3 is 0 Å². The normalized spacial score (nSPS) is 23.0. The SMILES string of the molecule is Cc1cc(S(=O)(=O)N2CCC3(CCC(=O)C3)CC2)n(C)n1. The van der Waals surface area contributed by atoms with Gasteiger partial charge in [-0.3, -0.25) is 9.48 Å². The summed E-state index contributed by atoms with van der Waals surface area (Å²) in [6.45, 7) is 2.79. The molecular formula is C14H21N3O3S. The third-order valence-corrected chi connectivity index (χ3v) is 6.81. The lowest BCUT2D eigenvalue weighted by molar-refractivity contribution is -0.118. The topological polar surface area (TPSA) is 72.3 Å². The van der Waals surface area contributed by atoms with Crippen LogP contribution in [0.5, 0.6) is 0 Å². The van der Waals surface area contributed by atoms with Gasteiger partial charge in [0, 0.05) is 33.0 Å². The molecule has 1 aliphatic carbocycles. The van der Waals surface area contributed by atoms with Gasteiger partial charge < -0.3 is 0 Å². The Morgan fingerprint density at radius 3 is 2.38 bits per heavy atom. The summed E-state index contributed by atoms with van der Waals surface area (Å²) in [5.41, 5.74) is 0.761. The molecule has 3 rings (SSSR count). The lowest BCUT2D eigenvalue weighted by atomic mass is 9.77. The van der Waals surface area contributed by atoms with Crippen LogP contribution in [0, 0.1) is 12.3 Å². The predicted molar refractivity (Wildman–Crippen MR) is 77.2 cm³/mol. The van der Waals surface area contributed by atoms with Crippen molar-refractivity contribution < 1.29 is 13.2 Å². The molecule has 0 radical (unpaired) electrons. The van der Waals surface area contributed by atoms with Crippen molar-refractivity contribution in [3.05, 3.63) is 11.8 Å². The van der Waals surface area contributed by atoms with Crippen LogP contribution in [-0.2, 0) is 21.9 Å². The Labute approximate surface area is 125 Å². The third kappa shape index (κ3) is 2.53. The van der Waals surface area contributed by atoms with Crippen molar-refractivity contribution in [2.24, 2.45) is 12.5 Å². The first-order valence-electron chi connectivity index (χ1n) is 7.35. The van der Waals surface area contributed by atoms with Gasteiger partial charge in [0.25, 0.3) is 10.0 Å². The maximum atomic E-state index is 12.7. The van der Waals surface area contributed by atoms with Crippen LogP contribution in [0.25, 0.3) is 0 Å². The molecule has 7 heteroatoms. The fourth-order valence-corrected chi connectivity index (χ4v) is 5.21. The summed E-state index contributed by atoms with van der Waals surface area (Å²) in [5, 5.41) is 4.37. The highest BCUT2D eigenvalue weighted by atomic mass is 32.2. The van der Waals surface area contributed by atoms with Gasteiger partial charge in [0.15, 0.2) is 5.03 Å². The van der Waals surface area contributed by atoms with Crippen LogP contribution in [0.3, 0.4) is 0 Å². The summed E-state index contributed by atoms with van der Waals surface area (Å²) >= 11 is 0. The minimum Gasteiger partial charge on any atom is -0.300 e. The summed E-state index contributed by atoms with van der Waals surface area (Å²) in [7, 11) is -1.83. The molecule has 1 spiro atoms. The molecule has 1 saturated heterocycles. The summed E-state index contributed by atoms with van der Waals surface area (Å²) in [6.07, 6.45) is 3.79. The van der Waals surface area contributed by atoms with Gasteiger partial charge in [0.2, 0.25) is 0 Å². The molecule has 2 heterocycles. The number of carbonyl (C=O) groups excluding carboxylic acids is 1. The molecule has 21 heavy (non-hydrogen) atoms. The van der Waals surface area contributed by atoms with Crippen molar-refractivity contribution in [3.63, 3.8) is 0 Å². The smallest absolute Gasteiger partial charge is 0.260 e. The Balaban J connectivity index is 1.77. The van der Waals surface area contributed by atoms with Gasteiger partial charge in [-0.25, -0.2) is 8.42 Å². The molecule has 1 aliphatic heterocycles. The minimum absolute atomic E-state index is 0.0610.